The minimum Gasteiger partial charge on any atom is -0.375 e. The van der Waals surface area contributed by atoms with Gasteiger partial charge in [-0.2, -0.15) is 0 Å². The van der Waals surface area contributed by atoms with Crippen LogP contribution in [0, 0.1) is 0 Å². The first-order valence-electron chi connectivity index (χ1n) is 9.94. The molecule has 0 bridgehead atoms. The second-order valence-corrected chi connectivity index (χ2v) is 7.27. The van der Waals surface area contributed by atoms with Crippen LogP contribution in [0.25, 0.3) is 0 Å². The van der Waals surface area contributed by atoms with Gasteiger partial charge < -0.3 is 15.5 Å². The van der Waals surface area contributed by atoms with E-state index in [2.05, 4.69) is 29.4 Å². The van der Waals surface area contributed by atoms with Crippen LogP contribution in [0.2, 0.25) is 0 Å². The number of amides is 2. The fraction of sp³-hybridized carbons (Fsp3) is 0.619. The third kappa shape index (κ3) is 4.99. The van der Waals surface area contributed by atoms with Gasteiger partial charge in [0.15, 0.2) is 0 Å². The van der Waals surface area contributed by atoms with Gasteiger partial charge >= 0.3 is 0 Å². The van der Waals surface area contributed by atoms with Crippen LogP contribution in [0.4, 0.5) is 5.69 Å². The Morgan fingerprint density at radius 2 is 1.73 bits per heavy atom. The van der Waals surface area contributed by atoms with Crippen LogP contribution >= 0.6 is 0 Å². The molecular formula is C21H33N3O2. The first kappa shape index (κ1) is 20.3. The van der Waals surface area contributed by atoms with E-state index in [1.165, 1.54) is 0 Å². The highest BCUT2D eigenvalue weighted by Crippen LogP contribution is 2.29. The van der Waals surface area contributed by atoms with E-state index in [1.54, 1.807) is 0 Å². The van der Waals surface area contributed by atoms with Gasteiger partial charge in [0, 0.05) is 31.4 Å². The summed E-state index contributed by atoms with van der Waals surface area (Å²) in [5.41, 5.74) is 0.917. The van der Waals surface area contributed by atoms with Gasteiger partial charge in [-0.1, -0.05) is 32.6 Å². The lowest BCUT2D eigenvalue weighted by atomic mass is 9.80. The van der Waals surface area contributed by atoms with E-state index in [-0.39, 0.29) is 11.8 Å². The maximum Gasteiger partial charge on any atom is 0.252 e. The summed E-state index contributed by atoms with van der Waals surface area (Å²) in [5, 5.41) is 6.10. The van der Waals surface area contributed by atoms with Crippen molar-refractivity contribution in [2.75, 3.05) is 25.0 Å². The fourth-order valence-electron chi connectivity index (χ4n) is 3.45. The molecule has 2 N–H and O–H groups in total. The summed E-state index contributed by atoms with van der Waals surface area (Å²) in [7, 11) is 2.02. The number of nitrogens with zero attached hydrogens (tertiary/aromatic N) is 1. The number of rotatable bonds is 8. The van der Waals surface area contributed by atoms with Gasteiger partial charge in [-0.05, 0) is 50.5 Å². The van der Waals surface area contributed by atoms with Crippen molar-refractivity contribution in [1.29, 1.82) is 0 Å². The molecule has 1 aliphatic rings. The lowest BCUT2D eigenvalue weighted by molar-refractivity contribution is -0.128. The van der Waals surface area contributed by atoms with Crippen LogP contribution in [0.5, 0.6) is 0 Å². The second-order valence-electron chi connectivity index (χ2n) is 7.27. The van der Waals surface area contributed by atoms with Crippen molar-refractivity contribution in [2.45, 2.75) is 64.3 Å². The van der Waals surface area contributed by atoms with Gasteiger partial charge in [0.05, 0.1) is 0 Å². The zero-order valence-electron chi connectivity index (χ0n) is 16.4. The third-order valence-electron chi connectivity index (χ3n) is 5.36. The van der Waals surface area contributed by atoms with E-state index in [9.17, 15) is 9.59 Å². The van der Waals surface area contributed by atoms with E-state index in [0.717, 1.165) is 44.3 Å². The minimum atomic E-state index is -0.762. The molecule has 144 valence electrons. The van der Waals surface area contributed by atoms with Crippen LogP contribution < -0.4 is 15.5 Å². The topological polar surface area (TPSA) is 61.4 Å². The van der Waals surface area contributed by atoms with Gasteiger partial charge in [-0.3, -0.25) is 9.59 Å². The third-order valence-corrected chi connectivity index (χ3v) is 5.36. The Morgan fingerprint density at radius 1 is 1.08 bits per heavy atom. The molecule has 0 aromatic heterocycles. The number of anilines is 1. The van der Waals surface area contributed by atoms with E-state index in [4.69, 9.17) is 0 Å². The molecule has 0 heterocycles. The average Bonchev–Trinajstić information content (AvgIpc) is 2.68. The summed E-state index contributed by atoms with van der Waals surface area (Å²) in [4.78, 5) is 27.7. The fourth-order valence-corrected chi connectivity index (χ4v) is 3.45. The van der Waals surface area contributed by atoms with Crippen LogP contribution in [-0.4, -0.2) is 37.5 Å². The number of carbonyl (C=O) groups is 2. The quantitative estimate of drug-likeness (QED) is 0.699. The predicted molar refractivity (Wildman–Crippen MR) is 107 cm³/mol. The molecular weight excluding hydrogens is 326 g/mol. The van der Waals surface area contributed by atoms with Crippen molar-refractivity contribution >= 4 is 17.5 Å². The molecule has 1 saturated carbocycles. The highest BCUT2D eigenvalue weighted by Gasteiger charge is 2.40. The van der Waals surface area contributed by atoms with Crippen LogP contribution in [0.3, 0.4) is 0 Å². The molecule has 1 aromatic carbocycles. The number of hydrogen-bond donors (Lipinski definition) is 2. The van der Waals surface area contributed by atoms with Gasteiger partial charge in [-0.25, -0.2) is 0 Å². The van der Waals surface area contributed by atoms with Crippen LogP contribution in [0.1, 0.15) is 69.2 Å². The molecule has 5 nitrogen and oxygen atoms in total. The Labute approximate surface area is 157 Å². The number of unbranched alkanes of at least 4 members (excludes halogenated alkanes) is 1. The molecule has 0 unspecified atom stereocenters. The van der Waals surface area contributed by atoms with Crippen LogP contribution in [0.15, 0.2) is 24.3 Å². The molecule has 1 aromatic rings. The Kier molecular flexibility index (Phi) is 7.49. The van der Waals surface area contributed by atoms with E-state index >= 15 is 0 Å². The van der Waals surface area contributed by atoms with Gasteiger partial charge in [0.25, 0.3) is 5.91 Å². The average molecular weight is 360 g/mol. The van der Waals surface area contributed by atoms with Crippen molar-refractivity contribution in [2.24, 2.45) is 0 Å². The maximum atomic E-state index is 12.8. The van der Waals surface area contributed by atoms with Gasteiger partial charge in [0.2, 0.25) is 5.91 Å². The molecule has 26 heavy (non-hydrogen) atoms. The summed E-state index contributed by atoms with van der Waals surface area (Å²) >= 11 is 0. The molecule has 2 amide bonds. The molecule has 5 heteroatoms. The van der Waals surface area contributed by atoms with Gasteiger partial charge in [-0.15, -0.1) is 0 Å². The summed E-state index contributed by atoms with van der Waals surface area (Å²) < 4.78 is 0. The molecule has 1 aliphatic carbocycles. The zero-order chi connectivity index (χ0) is 19.0. The number of benzene rings is 1. The first-order valence-corrected chi connectivity index (χ1v) is 9.94. The Balaban J connectivity index is 2.09. The maximum absolute atomic E-state index is 12.8. The lowest BCUT2D eigenvalue weighted by Gasteiger charge is -2.36. The van der Waals surface area contributed by atoms with E-state index in [0.29, 0.717) is 24.9 Å². The van der Waals surface area contributed by atoms with Crippen LogP contribution in [-0.2, 0) is 4.79 Å². The van der Waals surface area contributed by atoms with E-state index < -0.39 is 5.54 Å². The van der Waals surface area contributed by atoms with Crippen molar-refractivity contribution in [3.05, 3.63) is 29.8 Å². The second kappa shape index (κ2) is 9.60. The minimum absolute atomic E-state index is 0.0265. The van der Waals surface area contributed by atoms with Crippen molar-refractivity contribution in [3.63, 3.8) is 0 Å². The zero-order valence-corrected chi connectivity index (χ0v) is 16.4. The monoisotopic (exact) mass is 359 g/mol. The molecule has 1 fully saturated rings. The normalized spacial score (nSPS) is 16.0. The summed E-state index contributed by atoms with van der Waals surface area (Å²) in [6, 6.07) is 7.57. The molecule has 0 spiro atoms. The molecule has 0 saturated heterocycles. The molecule has 2 rings (SSSR count). The predicted octanol–water partition coefficient (Wildman–Crippen LogP) is 3.49. The van der Waals surface area contributed by atoms with Crippen molar-refractivity contribution in [1.82, 2.24) is 10.6 Å². The number of hydrogen-bond acceptors (Lipinski definition) is 3. The first-order chi connectivity index (χ1) is 12.5. The summed E-state index contributed by atoms with van der Waals surface area (Å²) in [5.74, 6) is -0.190. The van der Waals surface area contributed by atoms with Crippen molar-refractivity contribution in [3.8, 4) is 0 Å². The highest BCUT2D eigenvalue weighted by molar-refractivity contribution is 5.99. The molecule has 0 aliphatic heterocycles. The number of nitrogens with one attached hydrogen (secondary N) is 2. The van der Waals surface area contributed by atoms with E-state index in [1.807, 2.05) is 31.3 Å². The molecule has 0 atom stereocenters. The standard InChI is InChI=1S/C21H33N3O2/c1-4-6-16-22-20(26)21(14-8-7-9-15-21)23-19(25)17-10-12-18(13-11-17)24(3)5-2/h10-13H,4-9,14-16H2,1-3H3,(H,22,26)(H,23,25). The number of carbonyl (C=O) groups excluding carboxylic acids is 2. The van der Waals surface area contributed by atoms with Gasteiger partial charge in [0.1, 0.15) is 5.54 Å². The lowest BCUT2D eigenvalue weighted by Crippen LogP contribution is -2.59. The van der Waals surface area contributed by atoms with Crippen molar-refractivity contribution < 1.29 is 9.59 Å². The highest BCUT2D eigenvalue weighted by atomic mass is 16.2. The summed E-state index contributed by atoms with van der Waals surface area (Å²) in [6.07, 6.45) is 6.50. The smallest absolute Gasteiger partial charge is 0.252 e. The SMILES string of the molecule is CCCCNC(=O)C1(NC(=O)c2ccc(N(C)CC)cc2)CCCCC1. The molecule has 0 radical (unpaired) electrons. The summed E-state index contributed by atoms with van der Waals surface area (Å²) in [6.45, 7) is 5.77. The Morgan fingerprint density at radius 3 is 2.31 bits per heavy atom. The Bertz CT molecular complexity index is 592. The largest absolute Gasteiger partial charge is 0.375 e. The Hall–Kier alpha value is -2.04.